The fourth-order valence-electron chi connectivity index (χ4n) is 2.94. The van der Waals surface area contributed by atoms with Crippen LogP contribution in [0.4, 0.5) is 5.69 Å². The summed E-state index contributed by atoms with van der Waals surface area (Å²) in [5.74, 6) is 1.66. The van der Waals surface area contributed by atoms with Crippen LogP contribution in [-0.2, 0) is 9.84 Å². The summed E-state index contributed by atoms with van der Waals surface area (Å²) in [6.45, 7) is 2.26. The van der Waals surface area contributed by atoms with Gasteiger partial charge in [0.2, 0.25) is 0 Å². The van der Waals surface area contributed by atoms with Crippen LogP contribution in [0.1, 0.15) is 12.8 Å². The minimum absolute atomic E-state index is 0.169. The van der Waals surface area contributed by atoms with E-state index in [0.29, 0.717) is 23.9 Å². The summed E-state index contributed by atoms with van der Waals surface area (Å²) < 4.78 is 27.8. The van der Waals surface area contributed by atoms with Crippen molar-refractivity contribution >= 4 is 33.1 Å². The number of aliphatic imine (C=N–C) groups is 1. The third kappa shape index (κ3) is 6.25. The maximum atomic E-state index is 11.2. The van der Waals surface area contributed by atoms with Gasteiger partial charge in [0.15, 0.2) is 5.96 Å². The average Bonchev–Trinajstić information content (AvgIpc) is 3.05. The van der Waals surface area contributed by atoms with E-state index >= 15 is 0 Å². The highest BCUT2D eigenvalue weighted by molar-refractivity contribution is 7.90. The van der Waals surface area contributed by atoms with Crippen molar-refractivity contribution in [3.05, 3.63) is 23.2 Å². The van der Waals surface area contributed by atoms with Gasteiger partial charge in [-0.2, -0.15) is 0 Å². The summed E-state index contributed by atoms with van der Waals surface area (Å²) in [6, 6.07) is 5.85. The molecule has 0 spiro atoms. The number of sulfone groups is 1. The van der Waals surface area contributed by atoms with Crippen LogP contribution in [0.5, 0.6) is 5.75 Å². The van der Waals surface area contributed by atoms with Gasteiger partial charge in [-0.3, -0.25) is 4.99 Å². The molecule has 0 aromatic heterocycles. The first-order chi connectivity index (χ1) is 12.3. The number of halogens is 1. The van der Waals surface area contributed by atoms with Crippen LogP contribution >= 0.6 is 11.6 Å². The van der Waals surface area contributed by atoms with Gasteiger partial charge in [0.05, 0.1) is 18.6 Å². The summed E-state index contributed by atoms with van der Waals surface area (Å²) in [4.78, 5) is 6.45. The van der Waals surface area contributed by atoms with E-state index in [4.69, 9.17) is 16.3 Å². The van der Waals surface area contributed by atoms with Crippen molar-refractivity contribution in [2.24, 2.45) is 4.99 Å². The Balaban J connectivity index is 1.87. The molecule has 2 rings (SSSR count). The predicted octanol–water partition coefficient (Wildman–Crippen LogP) is 1.53. The van der Waals surface area contributed by atoms with Gasteiger partial charge in [-0.05, 0) is 31.0 Å². The molecule has 0 amide bonds. The summed E-state index contributed by atoms with van der Waals surface area (Å²) >= 11 is 6.13. The summed E-state index contributed by atoms with van der Waals surface area (Å²) in [7, 11) is 0.432. The van der Waals surface area contributed by atoms with E-state index in [0.717, 1.165) is 30.9 Å². The van der Waals surface area contributed by atoms with Gasteiger partial charge in [0.25, 0.3) is 0 Å². The van der Waals surface area contributed by atoms with Gasteiger partial charge in [-0.25, -0.2) is 8.42 Å². The number of anilines is 1. The van der Waals surface area contributed by atoms with E-state index in [-0.39, 0.29) is 11.8 Å². The molecule has 0 bridgehead atoms. The summed E-state index contributed by atoms with van der Waals surface area (Å²) in [5.41, 5.74) is 0.986. The number of ether oxygens (including phenoxy) is 1. The Hall–Kier alpha value is -1.67. The van der Waals surface area contributed by atoms with Crippen LogP contribution in [-0.4, -0.2) is 66.2 Å². The number of guanidine groups is 1. The lowest BCUT2D eigenvalue weighted by molar-refractivity contribution is 0.415. The van der Waals surface area contributed by atoms with Crippen molar-refractivity contribution in [1.29, 1.82) is 0 Å². The van der Waals surface area contributed by atoms with Crippen LogP contribution in [0.25, 0.3) is 0 Å². The monoisotopic (exact) mass is 402 g/mol. The van der Waals surface area contributed by atoms with E-state index in [2.05, 4.69) is 20.5 Å². The fourth-order valence-corrected chi connectivity index (χ4v) is 3.77. The molecule has 0 radical (unpaired) electrons. The van der Waals surface area contributed by atoms with Crippen molar-refractivity contribution in [1.82, 2.24) is 10.6 Å². The lowest BCUT2D eigenvalue weighted by atomic mass is 10.2. The second-order valence-electron chi connectivity index (χ2n) is 6.37. The van der Waals surface area contributed by atoms with Gasteiger partial charge < -0.3 is 20.3 Å². The lowest BCUT2D eigenvalue weighted by Gasteiger charge is -2.22. The minimum atomic E-state index is -2.93. The van der Waals surface area contributed by atoms with Gasteiger partial charge in [-0.1, -0.05) is 11.6 Å². The van der Waals surface area contributed by atoms with Gasteiger partial charge in [-0.15, -0.1) is 0 Å². The smallest absolute Gasteiger partial charge is 0.191 e. The largest absolute Gasteiger partial charge is 0.495 e. The molecule has 1 aliphatic rings. The predicted molar refractivity (Wildman–Crippen MR) is 107 cm³/mol. The zero-order valence-corrected chi connectivity index (χ0v) is 17.0. The highest BCUT2D eigenvalue weighted by Crippen LogP contribution is 2.33. The second-order valence-corrected chi connectivity index (χ2v) is 9.07. The Kier molecular flexibility index (Phi) is 7.40. The standard InChI is InChI=1S/C17H27ClN4O3S/c1-19-17(20-8-4-10-26(3,23)24)21-14-7-9-22(12-14)15-11-13(18)5-6-16(15)25-2/h5-6,11,14H,4,7-10,12H2,1-3H3,(H2,19,20,21). The first kappa shape index (κ1) is 20.6. The van der Waals surface area contributed by atoms with Crippen LogP contribution in [0.3, 0.4) is 0 Å². The molecule has 9 heteroatoms. The Morgan fingerprint density at radius 3 is 2.88 bits per heavy atom. The number of nitrogens with one attached hydrogen (secondary N) is 2. The van der Waals surface area contributed by atoms with Crippen molar-refractivity contribution in [3.63, 3.8) is 0 Å². The van der Waals surface area contributed by atoms with Crippen molar-refractivity contribution in [2.75, 3.05) is 50.7 Å². The molecule has 7 nitrogen and oxygen atoms in total. The van der Waals surface area contributed by atoms with Crippen molar-refractivity contribution in [2.45, 2.75) is 18.9 Å². The Labute approximate surface area is 160 Å². The number of hydrogen-bond donors (Lipinski definition) is 2. The number of benzene rings is 1. The van der Waals surface area contributed by atoms with Gasteiger partial charge in [0, 0.05) is 44.0 Å². The number of nitrogens with zero attached hydrogens (tertiary/aromatic N) is 2. The van der Waals surface area contributed by atoms with Crippen molar-refractivity contribution < 1.29 is 13.2 Å². The molecule has 1 saturated heterocycles. The normalized spacial score (nSPS) is 18.1. The highest BCUT2D eigenvalue weighted by Gasteiger charge is 2.25. The van der Waals surface area contributed by atoms with Crippen molar-refractivity contribution in [3.8, 4) is 5.75 Å². The second kappa shape index (κ2) is 9.32. The molecule has 1 unspecified atom stereocenters. The first-order valence-electron chi connectivity index (χ1n) is 8.56. The zero-order chi connectivity index (χ0) is 19.2. The lowest BCUT2D eigenvalue weighted by Crippen LogP contribution is -2.45. The maximum absolute atomic E-state index is 11.2. The third-order valence-electron chi connectivity index (χ3n) is 4.22. The molecule has 1 heterocycles. The van der Waals surface area contributed by atoms with E-state index in [1.807, 2.05) is 18.2 Å². The number of hydrogen-bond acceptors (Lipinski definition) is 5. The topological polar surface area (TPSA) is 83.0 Å². The molecule has 1 atom stereocenters. The van der Waals surface area contributed by atoms with E-state index in [9.17, 15) is 8.42 Å². The minimum Gasteiger partial charge on any atom is -0.495 e. The Morgan fingerprint density at radius 2 is 2.23 bits per heavy atom. The van der Waals surface area contributed by atoms with Crippen LogP contribution in [0.2, 0.25) is 5.02 Å². The average molecular weight is 403 g/mol. The molecule has 2 N–H and O–H groups in total. The SMILES string of the molecule is CN=C(NCCCS(C)(=O)=O)NC1CCN(c2cc(Cl)ccc2OC)C1. The van der Waals surface area contributed by atoms with Crippen LogP contribution < -0.4 is 20.3 Å². The molecule has 1 aromatic carbocycles. The summed E-state index contributed by atoms with van der Waals surface area (Å²) in [6.07, 6.45) is 2.76. The molecule has 1 aromatic rings. The third-order valence-corrected chi connectivity index (χ3v) is 5.48. The number of rotatable bonds is 7. The summed E-state index contributed by atoms with van der Waals surface area (Å²) in [5, 5.41) is 7.24. The first-order valence-corrected chi connectivity index (χ1v) is 11.0. The molecule has 0 aliphatic carbocycles. The quantitative estimate of drug-likeness (QED) is 0.409. The molecule has 1 aliphatic heterocycles. The maximum Gasteiger partial charge on any atom is 0.191 e. The molecule has 0 saturated carbocycles. The van der Waals surface area contributed by atoms with Gasteiger partial charge in [0.1, 0.15) is 15.6 Å². The fraction of sp³-hybridized carbons (Fsp3) is 0.588. The Bertz CT molecular complexity index is 740. The van der Waals surface area contributed by atoms with E-state index < -0.39 is 9.84 Å². The molecular formula is C17H27ClN4O3S. The highest BCUT2D eigenvalue weighted by atomic mass is 35.5. The zero-order valence-electron chi connectivity index (χ0n) is 15.5. The number of methoxy groups -OCH3 is 1. The molecule has 26 heavy (non-hydrogen) atoms. The van der Waals surface area contributed by atoms with E-state index in [1.165, 1.54) is 6.26 Å². The molecule has 146 valence electrons. The molecular weight excluding hydrogens is 376 g/mol. The Morgan fingerprint density at radius 1 is 1.46 bits per heavy atom. The molecule has 1 fully saturated rings. The van der Waals surface area contributed by atoms with E-state index in [1.54, 1.807) is 14.2 Å². The van der Waals surface area contributed by atoms with Crippen LogP contribution in [0.15, 0.2) is 23.2 Å². The van der Waals surface area contributed by atoms with Gasteiger partial charge >= 0.3 is 0 Å². The van der Waals surface area contributed by atoms with Crippen LogP contribution in [0, 0.1) is 0 Å².